The Morgan fingerprint density at radius 2 is 1.50 bits per heavy atom. The van der Waals surface area contributed by atoms with Crippen molar-refractivity contribution in [3.05, 3.63) is 72.3 Å². The maximum absolute atomic E-state index is 12.0. The quantitative estimate of drug-likeness (QED) is 0.749. The molecule has 0 unspecified atom stereocenters. The summed E-state index contributed by atoms with van der Waals surface area (Å²) in [7, 11) is 1.77. The summed E-state index contributed by atoms with van der Waals surface area (Å²) in [5, 5.41) is 0. The fourth-order valence-corrected chi connectivity index (χ4v) is 1.62. The molecule has 1 amide bonds. The Bertz CT molecular complexity index is 532. The third-order valence-electron chi connectivity index (χ3n) is 2.69. The molecule has 0 bridgehead atoms. The molecule has 0 aromatic heterocycles. The number of amides is 1. The largest absolute Gasteiger partial charge is 0.312 e. The highest BCUT2D eigenvalue weighted by Crippen LogP contribution is 2.11. The smallest absolute Gasteiger partial charge is 0.250 e. The number of hydrogen-bond acceptors (Lipinski definition) is 1. The van der Waals surface area contributed by atoms with Crippen molar-refractivity contribution in [2.45, 2.75) is 0 Å². The van der Waals surface area contributed by atoms with Gasteiger partial charge in [-0.25, -0.2) is 0 Å². The van der Waals surface area contributed by atoms with E-state index in [0.29, 0.717) is 0 Å². The van der Waals surface area contributed by atoms with Gasteiger partial charge < -0.3 is 4.90 Å². The molecular weight excluding hydrogens is 222 g/mol. The number of rotatable bonds is 3. The molecule has 2 aromatic carbocycles. The standard InChI is InChI=1S/C16H15NO/c1-17(15-10-6-3-7-11-15)16(18)13-12-14-8-4-2-5-9-14/h2-13H,1H3/b13-12+. The number of hydrogen-bond donors (Lipinski definition) is 0. The van der Waals surface area contributed by atoms with E-state index in [1.54, 1.807) is 18.0 Å². The Morgan fingerprint density at radius 3 is 2.11 bits per heavy atom. The third kappa shape index (κ3) is 3.08. The Balaban J connectivity index is 2.07. The molecule has 0 aliphatic rings. The van der Waals surface area contributed by atoms with E-state index < -0.39 is 0 Å². The van der Waals surface area contributed by atoms with Gasteiger partial charge in [-0.1, -0.05) is 48.5 Å². The second-order valence-electron chi connectivity index (χ2n) is 3.98. The summed E-state index contributed by atoms with van der Waals surface area (Å²) < 4.78 is 0. The lowest BCUT2D eigenvalue weighted by molar-refractivity contribution is -0.113. The van der Waals surface area contributed by atoms with Gasteiger partial charge in [-0.05, 0) is 23.8 Å². The molecule has 2 nitrogen and oxygen atoms in total. The van der Waals surface area contributed by atoms with E-state index in [9.17, 15) is 4.79 Å². The van der Waals surface area contributed by atoms with Crippen molar-refractivity contribution in [2.75, 3.05) is 11.9 Å². The van der Waals surface area contributed by atoms with Gasteiger partial charge in [0.1, 0.15) is 0 Å². The van der Waals surface area contributed by atoms with Crippen molar-refractivity contribution in [3.8, 4) is 0 Å². The molecule has 0 aliphatic carbocycles. The number of para-hydroxylation sites is 1. The van der Waals surface area contributed by atoms with Crippen LogP contribution in [0.3, 0.4) is 0 Å². The molecule has 0 saturated carbocycles. The Kier molecular flexibility index (Phi) is 3.92. The van der Waals surface area contributed by atoms with Crippen molar-refractivity contribution in [2.24, 2.45) is 0 Å². The molecule has 0 fully saturated rings. The lowest BCUT2D eigenvalue weighted by Gasteiger charge is -2.14. The first-order chi connectivity index (χ1) is 8.77. The fourth-order valence-electron chi connectivity index (χ4n) is 1.62. The Hall–Kier alpha value is -2.35. The fraction of sp³-hybridized carbons (Fsp3) is 0.0625. The van der Waals surface area contributed by atoms with Crippen LogP contribution in [0, 0.1) is 0 Å². The molecule has 0 atom stereocenters. The first kappa shape index (κ1) is 12.1. The molecule has 18 heavy (non-hydrogen) atoms. The van der Waals surface area contributed by atoms with Gasteiger partial charge in [0.05, 0.1) is 0 Å². The van der Waals surface area contributed by atoms with Crippen LogP contribution in [-0.2, 0) is 4.79 Å². The van der Waals surface area contributed by atoms with Gasteiger partial charge in [0.25, 0.3) is 5.91 Å². The van der Waals surface area contributed by atoms with E-state index in [1.165, 1.54) is 0 Å². The average molecular weight is 237 g/mol. The molecule has 0 saturated heterocycles. The van der Waals surface area contributed by atoms with E-state index >= 15 is 0 Å². The second-order valence-corrected chi connectivity index (χ2v) is 3.98. The van der Waals surface area contributed by atoms with Crippen LogP contribution in [0.1, 0.15) is 5.56 Å². The maximum Gasteiger partial charge on any atom is 0.250 e. The van der Waals surface area contributed by atoms with Crippen LogP contribution >= 0.6 is 0 Å². The minimum absolute atomic E-state index is 0.0370. The normalized spacial score (nSPS) is 10.5. The predicted octanol–water partition coefficient (Wildman–Crippen LogP) is 3.36. The number of anilines is 1. The van der Waals surface area contributed by atoms with Crippen LogP contribution in [0.5, 0.6) is 0 Å². The molecule has 2 rings (SSSR count). The zero-order chi connectivity index (χ0) is 12.8. The highest BCUT2D eigenvalue weighted by molar-refractivity contribution is 6.03. The average Bonchev–Trinajstić information content (AvgIpc) is 2.46. The van der Waals surface area contributed by atoms with Gasteiger partial charge in [-0.2, -0.15) is 0 Å². The van der Waals surface area contributed by atoms with Crippen LogP contribution < -0.4 is 4.90 Å². The summed E-state index contributed by atoms with van der Waals surface area (Å²) in [6.45, 7) is 0. The molecule has 0 heterocycles. The van der Waals surface area contributed by atoms with Crippen molar-refractivity contribution in [3.63, 3.8) is 0 Å². The monoisotopic (exact) mass is 237 g/mol. The van der Waals surface area contributed by atoms with Crippen LogP contribution in [0.15, 0.2) is 66.7 Å². The zero-order valence-electron chi connectivity index (χ0n) is 10.3. The van der Waals surface area contributed by atoms with Gasteiger partial charge in [-0.15, -0.1) is 0 Å². The van der Waals surface area contributed by atoms with E-state index in [1.807, 2.05) is 66.7 Å². The molecule has 90 valence electrons. The topological polar surface area (TPSA) is 20.3 Å². The summed E-state index contributed by atoms with van der Waals surface area (Å²) in [6, 6.07) is 19.4. The van der Waals surface area contributed by atoms with E-state index in [2.05, 4.69) is 0 Å². The molecule has 2 heteroatoms. The molecule has 0 N–H and O–H groups in total. The van der Waals surface area contributed by atoms with Crippen LogP contribution in [-0.4, -0.2) is 13.0 Å². The molecular formula is C16H15NO. The molecule has 0 aliphatic heterocycles. The maximum atomic E-state index is 12.0. The summed E-state index contributed by atoms with van der Waals surface area (Å²) >= 11 is 0. The van der Waals surface area contributed by atoms with E-state index in [4.69, 9.17) is 0 Å². The number of carbonyl (C=O) groups excluding carboxylic acids is 1. The molecule has 2 aromatic rings. The third-order valence-corrected chi connectivity index (χ3v) is 2.69. The summed E-state index contributed by atoms with van der Waals surface area (Å²) in [6.07, 6.45) is 3.41. The van der Waals surface area contributed by atoms with Crippen LogP contribution in [0.4, 0.5) is 5.69 Å². The number of carbonyl (C=O) groups is 1. The lowest BCUT2D eigenvalue weighted by Crippen LogP contribution is -2.23. The summed E-state index contributed by atoms with van der Waals surface area (Å²) in [5.74, 6) is -0.0370. The second kappa shape index (κ2) is 5.82. The van der Waals surface area contributed by atoms with Gasteiger partial charge >= 0.3 is 0 Å². The van der Waals surface area contributed by atoms with Crippen LogP contribution in [0.2, 0.25) is 0 Å². The van der Waals surface area contributed by atoms with Gasteiger partial charge in [-0.3, -0.25) is 4.79 Å². The van der Waals surface area contributed by atoms with Gasteiger partial charge in [0, 0.05) is 18.8 Å². The van der Waals surface area contributed by atoms with Crippen LogP contribution in [0.25, 0.3) is 6.08 Å². The Morgan fingerprint density at radius 1 is 0.944 bits per heavy atom. The van der Waals surface area contributed by atoms with Gasteiger partial charge in [0.2, 0.25) is 0 Å². The summed E-state index contributed by atoms with van der Waals surface area (Å²) in [5.41, 5.74) is 1.91. The first-order valence-electron chi connectivity index (χ1n) is 5.83. The van der Waals surface area contributed by atoms with Crippen molar-refractivity contribution >= 4 is 17.7 Å². The number of likely N-dealkylation sites (N-methyl/N-ethyl adjacent to an activating group) is 1. The van der Waals surface area contributed by atoms with E-state index in [-0.39, 0.29) is 5.91 Å². The number of benzene rings is 2. The van der Waals surface area contributed by atoms with Crippen molar-refractivity contribution < 1.29 is 4.79 Å². The van der Waals surface area contributed by atoms with E-state index in [0.717, 1.165) is 11.3 Å². The predicted molar refractivity (Wildman–Crippen MR) is 75.3 cm³/mol. The SMILES string of the molecule is CN(C(=O)/C=C/c1ccccc1)c1ccccc1. The van der Waals surface area contributed by atoms with Crippen molar-refractivity contribution in [1.29, 1.82) is 0 Å². The van der Waals surface area contributed by atoms with Crippen molar-refractivity contribution in [1.82, 2.24) is 0 Å². The first-order valence-corrected chi connectivity index (χ1v) is 5.83. The lowest BCUT2D eigenvalue weighted by atomic mass is 10.2. The Labute approximate surface area is 107 Å². The number of nitrogens with zero attached hydrogens (tertiary/aromatic N) is 1. The van der Waals surface area contributed by atoms with Gasteiger partial charge in [0.15, 0.2) is 0 Å². The minimum atomic E-state index is -0.0370. The summed E-state index contributed by atoms with van der Waals surface area (Å²) in [4.78, 5) is 13.6. The highest BCUT2D eigenvalue weighted by Gasteiger charge is 2.05. The minimum Gasteiger partial charge on any atom is -0.312 e. The molecule has 0 spiro atoms. The highest BCUT2D eigenvalue weighted by atomic mass is 16.2. The zero-order valence-corrected chi connectivity index (χ0v) is 10.3. The molecule has 0 radical (unpaired) electrons.